The van der Waals surface area contributed by atoms with Crippen LogP contribution in [0.1, 0.15) is 0 Å². The van der Waals surface area contributed by atoms with Gasteiger partial charge < -0.3 is 15.4 Å². The highest BCUT2D eigenvalue weighted by Crippen LogP contribution is 2.14. The fourth-order valence-corrected chi connectivity index (χ4v) is 3.28. The van der Waals surface area contributed by atoms with Crippen molar-refractivity contribution in [3.8, 4) is 0 Å². The van der Waals surface area contributed by atoms with Crippen molar-refractivity contribution in [2.24, 2.45) is 0 Å². The summed E-state index contributed by atoms with van der Waals surface area (Å²) in [6.07, 6.45) is 0. The molecule has 1 aliphatic rings. The minimum Gasteiger partial charge on any atom is -0.378 e. The third kappa shape index (κ3) is 6.25. The number of amides is 1. The van der Waals surface area contributed by atoms with E-state index in [1.54, 1.807) is 12.1 Å². The Kier molecular flexibility index (Phi) is 8.24. The lowest BCUT2D eigenvalue weighted by molar-refractivity contribution is -0.125. The maximum absolute atomic E-state index is 12.0. The molecule has 0 saturated carbocycles. The predicted octanol–water partition coefficient (Wildman–Crippen LogP) is 0.145. The van der Waals surface area contributed by atoms with Gasteiger partial charge in [-0.1, -0.05) is 17.7 Å². The van der Waals surface area contributed by atoms with Crippen LogP contribution in [0.4, 0.5) is 0 Å². The second-order valence-corrected chi connectivity index (χ2v) is 6.93. The van der Waals surface area contributed by atoms with E-state index in [9.17, 15) is 13.2 Å². The molecule has 23 heavy (non-hydrogen) atoms. The molecule has 1 atom stereocenters. The van der Waals surface area contributed by atoms with E-state index in [4.69, 9.17) is 16.3 Å². The monoisotopic (exact) mass is 383 g/mol. The van der Waals surface area contributed by atoms with E-state index in [1.165, 1.54) is 12.1 Å². The van der Waals surface area contributed by atoms with Crippen molar-refractivity contribution < 1.29 is 17.9 Å². The number of morpholine rings is 1. The summed E-state index contributed by atoms with van der Waals surface area (Å²) in [5.74, 6) is -0.207. The Labute approximate surface area is 146 Å². The van der Waals surface area contributed by atoms with Crippen molar-refractivity contribution in [2.75, 3.05) is 32.8 Å². The van der Waals surface area contributed by atoms with E-state index >= 15 is 0 Å². The molecule has 1 heterocycles. The van der Waals surface area contributed by atoms with Gasteiger partial charge in [-0.15, -0.1) is 12.4 Å². The number of benzene rings is 1. The van der Waals surface area contributed by atoms with E-state index in [0.29, 0.717) is 24.8 Å². The van der Waals surface area contributed by atoms with Gasteiger partial charge in [0.15, 0.2) is 0 Å². The van der Waals surface area contributed by atoms with Gasteiger partial charge in [0, 0.05) is 24.7 Å². The summed E-state index contributed by atoms with van der Waals surface area (Å²) in [6, 6.07) is 5.59. The second kappa shape index (κ2) is 9.41. The number of carbonyl (C=O) groups is 1. The zero-order valence-corrected chi connectivity index (χ0v) is 14.6. The highest BCUT2D eigenvalue weighted by Gasteiger charge is 2.20. The largest absolute Gasteiger partial charge is 0.378 e. The number of hydrogen-bond donors (Lipinski definition) is 3. The van der Waals surface area contributed by atoms with Crippen molar-refractivity contribution in [3.05, 3.63) is 29.3 Å². The highest BCUT2D eigenvalue weighted by atomic mass is 35.5. The molecule has 0 bridgehead atoms. The van der Waals surface area contributed by atoms with Crippen molar-refractivity contribution in [1.29, 1.82) is 0 Å². The van der Waals surface area contributed by atoms with Gasteiger partial charge in [0.2, 0.25) is 15.9 Å². The fourth-order valence-electron chi connectivity index (χ4n) is 1.95. The van der Waals surface area contributed by atoms with E-state index in [0.717, 1.165) is 0 Å². The van der Waals surface area contributed by atoms with Gasteiger partial charge in [-0.2, -0.15) is 0 Å². The molecule has 7 nitrogen and oxygen atoms in total. The number of sulfonamides is 1. The molecule has 3 N–H and O–H groups in total. The number of rotatable bonds is 6. The Balaban J connectivity index is 0.00000264. The zero-order valence-electron chi connectivity index (χ0n) is 12.2. The molecule has 0 aliphatic carbocycles. The Hall–Kier alpha value is -0.900. The van der Waals surface area contributed by atoms with E-state index in [-0.39, 0.29) is 36.3 Å². The Morgan fingerprint density at radius 1 is 1.39 bits per heavy atom. The number of halogens is 2. The van der Waals surface area contributed by atoms with Crippen molar-refractivity contribution in [3.63, 3.8) is 0 Å². The van der Waals surface area contributed by atoms with Crippen LogP contribution in [-0.2, 0) is 19.6 Å². The topological polar surface area (TPSA) is 96.5 Å². The highest BCUT2D eigenvalue weighted by molar-refractivity contribution is 7.89. The van der Waals surface area contributed by atoms with Crippen LogP contribution >= 0.6 is 24.0 Å². The lowest BCUT2D eigenvalue weighted by Gasteiger charge is -2.22. The molecule has 0 aromatic heterocycles. The number of nitrogens with one attached hydrogen (secondary N) is 3. The molecule has 0 spiro atoms. The normalized spacial score (nSPS) is 18.0. The lowest BCUT2D eigenvalue weighted by atomic mass is 10.2. The summed E-state index contributed by atoms with van der Waals surface area (Å²) >= 11 is 5.77. The first-order valence-electron chi connectivity index (χ1n) is 6.83. The lowest BCUT2D eigenvalue weighted by Crippen LogP contribution is -2.52. The standard InChI is InChI=1S/C13H18ClN3O4S.ClH/c14-10-2-1-3-11(8-10)22(19,20)17-5-4-16-13(18)12-9-21-7-6-15-12;/h1-3,8,12,15,17H,4-7,9H2,(H,16,18);1H. The zero-order chi connectivity index (χ0) is 16.0. The number of carbonyl (C=O) groups excluding carboxylic acids is 1. The van der Waals surface area contributed by atoms with Crippen molar-refractivity contribution in [2.45, 2.75) is 10.9 Å². The summed E-state index contributed by atoms with van der Waals surface area (Å²) in [5, 5.41) is 6.02. The van der Waals surface area contributed by atoms with E-state index in [2.05, 4.69) is 15.4 Å². The summed E-state index contributed by atoms with van der Waals surface area (Å²) < 4.78 is 31.6. The SMILES string of the molecule is Cl.O=C(NCCNS(=O)(=O)c1cccc(Cl)c1)C1COCCN1. The summed E-state index contributed by atoms with van der Waals surface area (Å²) in [6.45, 7) is 1.81. The average Bonchev–Trinajstić information content (AvgIpc) is 2.52. The average molecular weight is 384 g/mol. The molecule has 10 heteroatoms. The van der Waals surface area contributed by atoms with Gasteiger partial charge >= 0.3 is 0 Å². The first-order valence-corrected chi connectivity index (χ1v) is 8.69. The first kappa shape index (κ1) is 20.1. The van der Waals surface area contributed by atoms with Gasteiger partial charge in [0.1, 0.15) is 6.04 Å². The molecule has 1 unspecified atom stereocenters. The fraction of sp³-hybridized carbons (Fsp3) is 0.462. The Morgan fingerprint density at radius 3 is 2.83 bits per heavy atom. The van der Waals surface area contributed by atoms with E-state index in [1.807, 2.05) is 0 Å². The number of hydrogen-bond acceptors (Lipinski definition) is 5. The maximum Gasteiger partial charge on any atom is 0.240 e. The molecule has 130 valence electrons. The predicted molar refractivity (Wildman–Crippen MR) is 89.5 cm³/mol. The molecule has 1 amide bonds. The minimum atomic E-state index is -3.63. The molecule has 1 saturated heterocycles. The van der Waals surface area contributed by atoms with Crippen LogP contribution in [0.25, 0.3) is 0 Å². The van der Waals surface area contributed by atoms with Crippen LogP contribution in [0, 0.1) is 0 Å². The van der Waals surface area contributed by atoms with Crippen molar-refractivity contribution >= 4 is 39.9 Å². The third-order valence-corrected chi connectivity index (χ3v) is 4.75. The van der Waals surface area contributed by atoms with Crippen molar-refractivity contribution in [1.82, 2.24) is 15.4 Å². The van der Waals surface area contributed by atoms with Crippen LogP contribution in [0.3, 0.4) is 0 Å². The van der Waals surface area contributed by atoms with Gasteiger partial charge in [-0.3, -0.25) is 4.79 Å². The van der Waals surface area contributed by atoms with E-state index < -0.39 is 16.1 Å². The molecule has 1 aromatic rings. The quantitative estimate of drug-likeness (QED) is 0.607. The summed E-state index contributed by atoms with van der Waals surface area (Å²) in [4.78, 5) is 11.9. The Morgan fingerprint density at radius 2 is 2.17 bits per heavy atom. The number of ether oxygens (including phenoxy) is 1. The molecular weight excluding hydrogens is 365 g/mol. The van der Waals surface area contributed by atoms with Crippen LogP contribution in [0.2, 0.25) is 5.02 Å². The van der Waals surface area contributed by atoms with Gasteiger partial charge in [0.05, 0.1) is 18.1 Å². The van der Waals surface area contributed by atoms with Crippen LogP contribution in [-0.4, -0.2) is 53.2 Å². The molecule has 2 rings (SSSR count). The second-order valence-electron chi connectivity index (χ2n) is 4.73. The molecule has 1 fully saturated rings. The van der Waals surface area contributed by atoms with Crippen LogP contribution in [0.15, 0.2) is 29.2 Å². The molecule has 1 aliphatic heterocycles. The third-order valence-electron chi connectivity index (χ3n) is 3.06. The molecular formula is C13H19Cl2N3O4S. The van der Waals surface area contributed by atoms with Crippen LogP contribution < -0.4 is 15.4 Å². The summed E-state index contributed by atoms with van der Waals surface area (Å²) in [7, 11) is -3.63. The smallest absolute Gasteiger partial charge is 0.240 e. The molecule has 0 radical (unpaired) electrons. The van der Waals surface area contributed by atoms with Gasteiger partial charge in [-0.25, -0.2) is 13.1 Å². The summed E-state index contributed by atoms with van der Waals surface area (Å²) in [5.41, 5.74) is 0. The minimum absolute atomic E-state index is 0. The first-order chi connectivity index (χ1) is 10.5. The Bertz CT molecular complexity index is 621. The van der Waals surface area contributed by atoms with Gasteiger partial charge in [0.25, 0.3) is 0 Å². The van der Waals surface area contributed by atoms with Gasteiger partial charge in [-0.05, 0) is 18.2 Å². The maximum atomic E-state index is 12.0. The molecule has 1 aromatic carbocycles. The van der Waals surface area contributed by atoms with Crippen LogP contribution in [0.5, 0.6) is 0 Å².